The Bertz CT molecular complexity index is 848. The lowest BCUT2D eigenvalue weighted by Crippen LogP contribution is -2.40. The molecule has 10 heteroatoms. The summed E-state index contributed by atoms with van der Waals surface area (Å²) in [6, 6.07) is 5.31. The van der Waals surface area contributed by atoms with E-state index in [4.69, 9.17) is 5.11 Å². The minimum absolute atomic E-state index is 0.0528. The minimum Gasteiger partial charge on any atom is -0.476 e. The van der Waals surface area contributed by atoms with E-state index < -0.39 is 35.6 Å². The molecule has 0 radical (unpaired) electrons. The molecule has 2 heterocycles. The molecule has 7 nitrogen and oxygen atoms in total. The molecule has 1 amide bonds. The van der Waals surface area contributed by atoms with Gasteiger partial charge in [0.1, 0.15) is 11.5 Å². The maximum atomic E-state index is 13.3. The maximum absolute atomic E-state index is 13.3. The standard InChI is InChI=1S/C17H17F3N4O3/c18-11-3-1-2-10(8-11)9-13(25)23-6-4-12(5-7-23)24-15(16(19)20)14(17(26)27)21-22-24/h1-3,8,12,16H,4-7,9H2,(H,26,27). The van der Waals surface area contributed by atoms with Gasteiger partial charge in [-0.3, -0.25) is 4.79 Å². The zero-order valence-electron chi connectivity index (χ0n) is 14.2. The normalized spacial score (nSPS) is 15.3. The summed E-state index contributed by atoms with van der Waals surface area (Å²) >= 11 is 0. The molecule has 0 atom stereocenters. The molecule has 2 aromatic rings. The van der Waals surface area contributed by atoms with Crippen molar-refractivity contribution in [2.45, 2.75) is 31.7 Å². The molecule has 0 aliphatic carbocycles. The monoisotopic (exact) mass is 382 g/mol. The first-order valence-corrected chi connectivity index (χ1v) is 8.35. The van der Waals surface area contributed by atoms with E-state index in [2.05, 4.69) is 10.3 Å². The number of nitrogens with zero attached hydrogens (tertiary/aromatic N) is 4. The number of aromatic nitrogens is 3. The van der Waals surface area contributed by atoms with Crippen LogP contribution < -0.4 is 0 Å². The number of hydrogen-bond acceptors (Lipinski definition) is 4. The Labute approximate surface area is 152 Å². The van der Waals surface area contributed by atoms with Gasteiger partial charge in [-0.25, -0.2) is 22.6 Å². The molecular formula is C17H17F3N4O3. The van der Waals surface area contributed by atoms with Crippen LogP contribution in [0.2, 0.25) is 0 Å². The lowest BCUT2D eigenvalue weighted by Gasteiger charge is -2.32. The van der Waals surface area contributed by atoms with Crippen molar-refractivity contribution in [3.05, 3.63) is 47.0 Å². The fourth-order valence-corrected chi connectivity index (χ4v) is 3.22. The Morgan fingerprint density at radius 1 is 1.26 bits per heavy atom. The molecule has 0 saturated carbocycles. The molecule has 27 heavy (non-hydrogen) atoms. The summed E-state index contributed by atoms with van der Waals surface area (Å²) in [6.45, 7) is 0.619. The van der Waals surface area contributed by atoms with Crippen molar-refractivity contribution in [3.8, 4) is 0 Å². The molecule has 144 valence electrons. The van der Waals surface area contributed by atoms with E-state index in [1.165, 1.54) is 18.2 Å². The van der Waals surface area contributed by atoms with Gasteiger partial charge in [-0.2, -0.15) is 0 Å². The van der Waals surface area contributed by atoms with E-state index in [9.17, 15) is 22.8 Å². The van der Waals surface area contributed by atoms with Crippen LogP contribution in [-0.4, -0.2) is 50.0 Å². The summed E-state index contributed by atoms with van der Waals surface area (Å²) in [7, 11) is 0. The van der Waals surface area contributed by atoms with E-state index in [0.29, 0.717) is 31.5 Å². The van der Waals surface area contributed by atoms with Crippen molar-refractivity contribution in [2.75, 3.05) is 13.1 Å². The number of carbonyl (C=O) groups excluding carboxylic acids is 1. The van der Waals surface area contributed by atoms with Crippen LogP contribution in [0.3, 0.4) is 0 Å². The van der Waals surface area contributed by atoms with Gasteiger partial charge in [0.2, 0.25) is 5.91 Å². The largest absolute Gasteiger partial charge is 0.476 e. The summed E-state index contributed by atoms with van der Waals surface area (Å²) < 4.78 is 40.7. The van der Waals surface area contributed by atoms with Gasteiger partial charge >= 0.3 is 5.97 Å². The number of carboxylic acids is 1. The molecule has 0 bridgehead atoms. The zero-order chi connectivity index (χ0) is 19.6. The van der Waals surface area contributed by atoms with Gasteiger partial charge in [-0.15, -0.1) is 5.10 Å². The first kappa shape index (κ1) is 18.9. The maximum Gasteiger partial charge on any atom is 0.358 e. The Morgan fingerprint density at radius 3 is 2.56 bits per heavy atom. The average Bonchev–Trinajstić information content (AvgIpc) is 3.07. The Kier molecular flexibility index (Phi) is 5.43. The Balaban J connectivity index is 1.65. The number of hydrogen-bond donors (Lipinski definition) is 1. The van der Waals surface area contributed by atoms with Gasteiger partial charge in [0.15, 0.2) is 5.69 Å². The Morgan fingerprint density at radius 2 is 1.96 bits per heavy atom. The lowest BCUT2D eigenvalue weighted by molar-refractivity contribution is -0.131. The van der Waals surface area contributed by atoms with Crippen LogP contribution in [0.4, 0.5) is 13.2 Å². The van der Waals surface area contributed by atoms with Crippen molar-refractivity contribution < 1.29 is 27.9 Å². The highest BCUT2D eigenvalue weighted by molar-refractivity contribution is 5.86. The van der Waals surface area contributed by atoms with E-state index in [1.807, 2.05) is 0 Å². The summed E-state index contributed by atoms with van der Waals surface area (Å²) in [5.41, 5.74) is -0.911. The predicted octanol–water partition coefficient (Wildman–Crippen LogP) is 2.46. The smallest absolute Gasteiger partial charge is 0.358 e. The number of aromatic carboxylic acids is 1. The number of piperidine rings is 1. The highest BCUT2D eigenvalue weighted by Crippen LogP contribution is 2.29. The number of carbonyl (C=O) groups is 2. The first-order chi connectivity index (χ1) is 12.9. The SMILES string of the molecule is O=C(O)c1nnn(C2CCN(C(=O)Cc3cccc(F)c3)CC2)c1C(F)F. The molecule has 1 aliphatic rings. The fraction of sp³-hybridized carbons (Fsp3) is 0.412. The molecule has 1 aromatic carbocycles. The van der Waals surface area contributed by atoms with Crippen molar-refractivity contribution in [3.63, 3.8) is 0 Å². The van der Waals surface area contributed by atoms with Gasteiger partial charge in [0, 0.05) is 13.1 Å². The summed E-state index contributed by atoms with van der Waals surface area (Å²) in [5, 5.41) is 15.9. The van der Waals surface area contributed by atoms with Crippen molar-refractivity contribution in [2.24, 2.45) is 0 Å². The summed E-state index contributed by atoms with van der Waals surface area (Å²) in [4.78, 5) is 25.0. The van der Waals surface area contributed by atoms with E-state index in [1.54, 1.807) is 11.0 Å². The molecule has 1 N–H and O–H groups in total. The Hall–Kier alpha value is -2.91. The molecule has 1 fully saturated rings. The molecule has 0 spiro atoms. The van der Waals surface area contributed by atoms with E-state index in [0.717, 1.165) is 4.68 Å². The van der Waals surface area contributed by atoms with Crippen LogP contribution in [0, 0.1) is 5.82 Å². The van der Waals surface area contributed by atoms with Crippen LogP contribution in [0.25, 0.3) is 0 Å². The third-order valence-corrected chi connectivity index (χ3v) is 4.55. The van der Waals surface area contributed by atoms with Crippen LogP contribution >= 0.6 is 0 Å². The number of alkyl halides is 2. The predicted molar refractivity (Wildman–Crippen MR) is 86.9 cm³/mol. The number of amides is 1. The molecule has 1 aliphatic heterocycles. The second kappa shape index (κ2) is 7.77. The third kappa shape index (κ3) is 4.09. The van der Waals surface area contributed by atoms with Crippen LogP contribution in [0.5, 0.6) is 0 Å². The summed E-state index contributed by atoms with van der Waals surface area (Å²) in [5.74, 6) is -2.16. The number of halogens is 3. The van der Waals surface area contributed by atoms with Gasteiger partial charge < -0.3 is 10.0 Å². The number of benzene rings is 1. The fourth-order valence-electron chi connectivity index (χ4n) is 3.22. The second-order valence-corrected chi connectivity index (χ2v) is 6.29. The van der Waals surface area contributed by atoms with Crippen LogP contribution in [-0.2, 0) is 11.2 Å². The molecule has 1 aromatic heterocycles. The van der Waals surface area contributed by atoms with Crippen molar-refractivity contribution in [1.29, 1.82) is 0 Å². The van der Waals surface area contributed by atoms with Gasteiger partial charge in [0.05, 0.1) is 12.5 Å². The molecule has 3 rings (SSSR count). The van der Waals surface area contributed by atoms with Crippen LogP contribution in [0.15, 0.2) is 24.3 Å². The highest BCUT2D eigenvalue weighted by atomic mass is 19.3. The quantitative estimate of drug-likeness (QED) is 0.858. The number of rotatable bonds is 5. The zero-order valence-corrected chi connectivity index (χ0v) is 14.2. The van der Waals surface area contributed by atoms with Crippen LogP contribution in [0.1, 0.15) is 47.1 Å². The lowest BCUT2D eigenvalue weighted by atomic mass is 10.0. The van der Waals surface area contributed by atoms with E-state index in [-0.39, 0.29) is 12.3 Å². The van der Waals surface area contributed by atoms with E-state index >= 15 is 0 Å². The summed E-state index contributed by atoms with van der Waals surface area (Å²) in [6.07, 6.45) is -2.27. The molecule has 1 saturated heterocycles. The second-order valence-electron chi connectivity index (χ2n) is 6.29. The highest BCUT2D eigenvalue weighted by Gasteiger charge is 2.32. The minimum atomic E-state index is -3.02. The van der Waals surface area contributed by atoms with Crippen molar-refractivity contribution >= 4 is 11.9 Å². The molecular weight excluding hydrogens is 365 g/mol. The van der Waals surface area contributed by atoms with Gasteiger partial charge in [0.25, 0.3) is 6.43 Å². The number of likely N-dealkylation sites (tertiary alicyclic amines) is 1. The van der Waals surface area contributed by atoms with Gasteiger partial charge in [-0.05, 0) is 30.5 Å². The van der Waals surface area contributed by atoms with Gasteiger partial charge in [-0.1, -0.05) is 17.3 Å². The average molecular weight is 382 g/mol. The number of carboxylic acid groups (broad SMARTS) is 1. The molecule has 0 unspecified atom stereocenters. The first-order valence-electron chi connectivity index (χ1n) is 8.35. The topological polar surface area (TPSA) is 88.3 Å². The van der Waals surface area contributed by atoms with Crippen molar-refractivity contribution in [1.82, 2.24) is 19.9 Å². The third-order valence-electron chi connectivity index (χ3n) is 4.55.